The van der Waals surface area contributed by atoms with E-state index in [2.05, 4.69) is 0 Å². The summed E-state index contributed by atoms with van der Waals surface area (Å²) < 4.78 is 22.0. The molecule has 0 radical (unpaired) electrons. The number of hydrogen-bond acceptors (Lipinski definition) is 8. The molecule has 0 aromatic rings. The van der Waals surface area contributed by atoms with Gasteiger partial charge in [-0.25, -0.2) is 0 Å². The maximum Gasteiger partial charge on any atom is 0.309 e. The average molecular weight is 585 g/mol. The van der Waals surface area contributed by atoms with Crippen LogP contribution in [0.4, 0.5) is 0 Å². The van der Waals surface area contributed by atoms with Gasteiger partial charge in [0.2, 0.25) is 0 Å². The second-order valence-electron chi connectivity index (χ2n) is 12.9. The molecule has 0 aromatic heterocycles. The molecule has 4 bridgehead atoms. The quantitative estimate of drug-likeness (QED) is 0.229. The third kappa shape index (κ3) is 8.93. The fourth-order valence-electron chi connectivity index (χ4n) is 7.27. The van der Waals surface area contributed by atoms with Gasteiger partial charge >= 0.3 is 23.9 Å². The molecule has 4 aliphatic carbocycles. The van der Waals surface area contributed by atoms with Crippen molar-refractivity contribution >= 4 is 23.9 Å². The van der Waals surface area contributed by atoms with Gasteiger partial charge in [-0.2, -0.15) is 0 Å². The SMILES string of the molecule is C.C.C.C.CC(=O)OC(C)(C)C.CCC(CC(C)C(=O)OC1CC2CCC1C2)C(=O)OC1C2CC3C(=O)OC1C3C2. The predicted octanol–water partition coefficient (Wildman–Crippen LogP) is 7.16. The second kappa shape index (κ2) is 15.4. The van der Waals surface area contributed by atoms with Gasteiger partial charge in [-0.05, 0) is 84.0 Å². The van der Waals surface area contributed by atoms with Crippen LogP contribution in [0.2, 0.25) is 0 Å². The van der Waals surface area contributed by atoms with E-state index >= 15 is 0 Å². The zero-order valence-electron chi connectivity index (χ0n) is 23.2. The molecule has 1 aliphatic heterocycles. The summed E-state index contributed by atoms with van der Waals surface area (Å²) in [6.07, 6.45) is 6.95. The first kappa shape index (κ1) is 38.9. The van der Waals surface area contributed by atoms with E-state index in [1.807, 2.05) is 34.6 Å². The molecule has 8 nitrogen and oxygen atoms in total. The summed E-state index contributed by atoms with van der Waals surface area (Å²) in [5.74, 6) is 0.320. The summed E-state index contributed by atoms with van der Waals surface area (Å²) >= 11 is 0. The van der Waals surface area contributed by atoms with E-state index in [0.717, 1.165) is 25.2 Å². The minimum absolute atomic E-state index is 0. The van der Waals surface area contributed by atoms with Crippen LogP contribution in [0.1, 0.15) is 123 Å². The highest BCUT2D eigenvalue weighted by Gasteiger charge is 2.63. The highest BCUT2D eigenvalue weighted by molar-refractivity contribution is 5.78. The Morgan fingerprint density at radius 3 is 2.07 bits per heavy atom. The number of hydrogen-bond donors (Lipinski definition) is 0. The van der Waals surface area contributed by atoms with Gasteiger partial charge in [-0.15, -0.1) is 0 Å². The van der Waals surface area contributed by atoms with Crippen molar-refractivity contribution in [1.82, 2.24) is 0 Å². The zero-order chi connectivity index (χ0) is 27.1. The van der Waals surface area contributed by atoms with Crippen molar-refractivity contribution in [3.05, 3.63) is 0 Å². The molecule has 1 saturated heterocycles. The van der Waals surface area contributed by atoms with Gasteiger partial charge < -0.3 is 18.9 Å². The molecular weight excluding hydrogens is 524 g/mol. The highest BCUT2D eigenvalue weighted by Crippen LogP contribution is 2.55. The molecule has 1 heterocycles. The van der Waals surface area contributed by atoms with Crippen LogP contribution in [0.3, 0.4) is 0 Å². The number of rotatable bonds is 7. The molecule has 4 saturated carbocycles. The van der Waals surface area contributed by atoms with Crippen LogP contribution in [0.25, 0.3) is 0 Å². The van der Waals surface area contributed by atoms with Gasteiger partial charge in [0, 0.05) is 18.8 Å². The van der Waals surface area contributed by atoms with Crippen molar-refractivity contribution in [3.63, 3.8) is 0 Å². The summed E-state index contributed by atoms with van der Waals surface area (Å²) in [6.45, 7) is 10.7. The topological polar surface area (TPSA) is 105 Å². The Balaban J connectivity index is 0.00000118. The van der Waals surface area contributed by atoms with E-state index in [9.17, 15) is 19.2 Å². The molecule has 0 N–H and O–H groups in total. The Kier molecular flexibility index (Phi) is 14.6. The molecule has 10 unspecified atom stereocenters. The van der Waals surface area contributed by atoms with Crippen LogP contribution in [0.15, 0.2) is 0 Å². The molecule has 41 heavy (non-hydrogen) atoms. The van der Waals surface area contributed by atoms with E-state index < -0.39 is 0 Å². The molecule has 5 fully saturated rings. The lowest BCUT2D eigenvalue weighted by Gasteiger charge is -2.28. The van der Waals surface area contributed by atoms with Crippen molar-refractivity contribution in [2.75, 3.05) is 0 Å². The van der Waals surface area contributed by atoms with Gasteiger partial charge in [0.1, 0.15) is 23.9 Å². The Morgan fingerprint density at radius 1 is 0.927 bits per heavy atom. The van der Waals surface area contributed by atoms with Crippen LogP contribution in [-0.4, -0.2) is 47.8 Å². The third-order valence-electron chi connectivity index (χ3n) is 8.92. The van der Waals surface area contributed by atoms with Crippen LogP contribution in [-0.2, 0) is 38.1 Å². The van der Waals surface area contributed by atoms with Crippen molar-refractivity contribution < 1.29 is 38.1 Å². The fourth-order valence-corrected chi connectivity index (χ4v) is 7.27. The van der Waals surface area contributed by atoms with Gasteiger partial charge in [-0.1, -0.05) is 43.6 Å². The summed E-state index contributed by atoms with van der Waals surface area (Å²) in [5.41, 5.74) is -0.328. The predicted molar refractivity (Wildman–Crippen MR) is 161 cm³/mol. The molecule has 5 rings (SSSR count). The summed E-state index contributed by atoms with van der Waals surface area (Å²) in [5, 5.41) is 0. The Labute approximate surface area is 250 Å². The molecule has 240 valence electrons. The minimum Gasteiger partial charge on any atom is -0.462 e. The summed E-state index contributed by atoms with van der Waals surface area (Å²) in [7, 11) is 0. The lowest BCUT2D eigenvalue weighted by Crippen LogP contribution is -2.38. The minimum atomic E-state index is -0.329. The van der Waals surface area contributed by atoms with Gasteiger partial charge in [0.15, 0.2) is 0 Å². The monoisotopic (exact) mass is 584 g/mol. The summed E-state index contributed by atoms with van der Waals surface area (Å²) in [6, 6.07) is 0. The maximum atomic E-state index is 12.9. The van der Waals surface area contributed by atoms with E-state index in [4.69, 9.17) is 18.9 Å². The smallest absolute Gasteiger partial charge is 0.309 e. The molecule has 10 atom stereocenters. The normalized spacial score (nSPS) is 32.8. The lowest BCUT2D eigenvalue weighted by atomic mass is 9.87. The van der Waals surface area contributed by atoms with Crippen molar-refractivity contribution in [1.29, 1.82) is 0 Å². The molecular formula is C33H60O8. The highest BCUT2D eigenvalue weighted by atomic mass is 16.6. The number of carbonyl (C=O) groups excluding carboxylic acids is 4. The first-order valence-corrected chi connectivity index (χ1v) is 14.2. The lowest BCUT2D eigenvalue weighted by molar-refractivity contribution is -0.167. The maximum absolute atomic E-state index is 12.9. The largest absolute Gasteiger partial charge is 0.462 e. The van der Waals surface area contributed by atoms with Crippen molar-refractivity contribution in [2.45, 2.75) is 147 Å². The first-order valence-electron chi connectivity index (χ1n) is 14.2. The zero-order valence-corrected chi connectivity index (χ0v) is 23.2. The number of ether oxygens (including phenoxy) is 4. The van der Waals surface area contributed by atoms with Crippen molar-refractivity contribution in [3.8, 4) is 0 Å². The average Bonchev–Trinajstić information content (AvgIpc) is 3.59. The van der Waals surface area contributed by atoms with Gasteiger partial charge in [0.25, 0.3) is 0 Å². The van der Waals surface area contributed by atoms with Crippen LogP contribution >= 0.6 is 0 Å². The Bertz CT molecular complexity index is 892. The summed E-state index contributed by atoms with van der Waals surface area (Å²) in [4.78, 5) is 47.6. The van der Waals surface area contributed by atoms with E-state index in [1.165, 1.54) is 26.2 Å². The van der Waals surface area contributed by atoms with Gasteiger partial charge in [-0.3, -0.25) is 19.2 Å². The molecule has 0 amide bonds. The van der Waals surface area contributed by atoms with Gasteiger partial charge in [0.05, 0.1) is 17.8 Å². The fraction of sp³-hybridized carbons (Fsp3) is 0.879. The van der Waals surface area contributed by atoms with Crippen LogP contribution in [0, 0.1) is 41.4 Å². The van der Waals surface area contributed by atoms with Crippen LogP contribution in [0.5, 0.6) is 0 Å². The van der Waals surface area contributed by atoms with E-state index in [1.54, 1.807) is 0 Å². The molecule has 5 aliphatic rings. The standard InChI is InChI=1S/C23H32O6.C6H12O2.4CH4/c1-3-13(6-11(2)21(24)27-18-8-12-4-5-14(18)7-12)22(25)28-19-15-9-16-17(10-15)23(26)29-20(16)19;1-5(7)8-6(2,3)4;;;;/h11-20H,3-10H2,1-2H3;1-4H3;4*1H4. The molecule has 8 heteroatoms. The number of fused-ring (bicyclic) bond motifs is 3. The number of carbonyl (C=O) groups is 4. The second-order valence-corrected chi connectivity index (χ2v) is 12.9. The van der Waals surface area contributed by atoms with E-state index in [-0.39, 0.29) is 107 Å². The number of esters is 4. The first-order chi connectivity index (χ1) is 17.4. The molecule has 0 aromatic carbocycles. The van der Waals surface area contributed by atoms with E-state index in [0.29, 0.717) is 18.8 Å². The van der Waals surface area contributed by atoms with Crippen molar-refractivity contribution in [2.24, 2.45) is 41.4 Å². The third-order valence-corrected chi connectivity index (χ3v) is 8.92. The Hall–Kier alpha value is -2.12. The van der Waals surface area contributed by atoms with Crippen LogP contribution < -0.4 is 0 Å². The Morgan fingerprint density at radius 2 is 1.59 bits per heavy atom. The molecule has 0 spiro atoms.